The molecule has 3 rings (SSSR count). The molecule has 12 heteroatoms. The van der Waals surface area contributed by atoms with Crippen molar-refractivity contribution >= 4 is 29.1 Å². The molecule has 0 radical (unpaired) electrons. The number of nitrogens with zero attached hydrogens (tertiary/aromatic N) is 3. The SMILES string of the molecule is C=CC(=O)N1CC(NC(=O)c2cnc(CNc3cc(CC(F)(F)F)c(Cl)cc3O)n2C)C1. The molecule has 1 aliphatic heterocycles. The predicted molar refractivity (Wildman–Crippen MR) is 111 cm³/mol. The third kappa shape index (κ3) is 5.34. The molecule has 0 aliphatic carbocycles. The van der Waals surface area contributed by atoms with Crippen molar-refractivity contribution in [3.05, 3.63) is 53.1 Å². The smallest absolute Gasteiger partial charge is 0.393 e. The summed E-state index contributed by atoms with van der Waals surface area (Å²) in [4.78, 5) is 29.7. The van der Waals surface area contributed by atoms with E-state index in [9.17, 15) is 27.9 Å². The summed E-state index contributed by atoms with van der Waals surface area (Å²) in [5.41, 5.74) is 0.154. The number of nitrogens with one attached hydrogen (secondary N) is 2. The first-order chi connectivity index (χ1) is 15.0. The summed E-state index contributed by atoms with van der Waals surface area (Å²) in [5, 5.41) is 15.4. The van der Waals surface area contributed by atoms with Crippen LogP contribution >= 0.6 is 11.6 Å². The van der Waals surface area contributed by atoms with Gasteiger partial charge < -0.3 is 25.2 Å². The van der Waals surface area contributed by atoms with Crippen LogP contribution in [-0.4, -0.2) is 56.7 Å². The first-order valence-corrected chi connectivity index (χ1v) is 9.91. The number of anilines is 1. The van der Waals surface area contributed by atoms with Crippen molar-refractivity contribution in [3.8, 4) is 5.75 Å². The van der Waals surface area contributed by atoms with Crippen molar-refractivity contribution < 1.29 is 27.9 Å². The van der Waals surface area contributed by atoms with Gasteiger partial charge in [0.2, 0.25) is 5.91 Å². The molecule has 32 heavy (non-hydrogen) atoms. The van der Waals surface area contributed by atoms with E-state index in [0.29, 0.717) is 18.9 Å². The molecule has 3 N–H and O–H groups in total. The standard InChI is InChI=1S/C20H21ClF3N5O3/c1-3-18(31)29-9-12(10-29)27-19(32)15-7-26-17(28(15)2)8-25-14-4-11(6-20(22,23)24)13(21)5-16(14)30/h3-5,7,12,25,30H,1,6,8-10H2,2H3,(H,27,32). The third-order valence-corrected chi connectivity index (χ3v) is 5.36. The van der Waals surface area contributed by atoms with Crippen LogP contribution in [0.3, 0.4) is 0 Å². The van der Waals surface area contributed by atoms with Crippen LogP contribution in [0.5, 0.6) is 5.75 Å². The van der Waals surface area contributed by atoms with Crippen LogP contribution in [0.2, 0.25) is 5.02 Å². The van der Waals surface area contributed by atoms with Crippen molar-refractivity contribution in [1.29, 1.82) is 0 Å². The molecule has 172 valence electrons. The van der Waals surface area contributed by atoms with E-state index in [0.717, 1.165) is 12.1 Å². The van der Waals surface area contributed by atoms with Crippen molar-refractivity contribution in [3.63, 3.8) is 0 Å². The summed E-state index contributed by atoms with van der Waals surface area (Å²) in [7, 11) is 1.62. The van der Waals surface area contributed by atoms with Crippen LogP contribution in [0.4, 0.5) is 18.9 Å². The lowest BCUT2D eigenvalue weighted by Gasteiger charge is -2.38. The van der Waals surface area contributed by atoms with Gasteiger partial charge in [0.1, 0.15) is 17.3 Å². The van der Waals surface area contributed by atoms with Crippen LogP contribution in [-0.2, 0) is 24.8 Å². The highest BCUT2D eigenvalue weighted by molar-refractivity contribution is 6.31. The Labute approximate surface area is 186 Å². The lowest BCUT2D eigenvalue weighted by Crippen LogP contribution is -2.60. The van der Waals surface area contributed by atoms with E-state index in [4.69, 9.17) is 11.6 Å². The largest absolute Gasteiger partial charge is 0.506 e. The van der Waals surface area contributed by atoms with Crippen molar-refractivity contribution in [2.45, 2.75) is 25.2 Å². The average Bonchev–Trinajstić information content (AvgIpc) is 3.04. The molecule has 0 atom stereocenters. The number of likely N-dealkylation sites (tertiary alicyclic amines) is 1. The molecule has 0 unspecified atom stereocenters. The molecule has 1 aromatic heterocycles. The van der Waals surface area contributed by atoms with Gasteiger partial charge in [-0.15, -0.1) is 0 Å². The quantitative estimate of drug-likeness (QED) is 0.426. The highest BCUT2D eigenvalue weighted by Gasteiger charge is 2.31. The monoisotopic (exact) mass is 471 g/mol. The lowest BCUT2D eigenvalue weighted by atomic mass is 10.1. The molecule has 1 saturated heterocycles. The Morgan fingerprint density at radius 1 is 1.38 bits per heavy atom. The van der Waals surface area contributed by atoms with Crippen LogP contribution in [0.1, 0.15) is 21.9 Å². The number of alkyl halides is 3. The maximum absolute atomic E-state index is 12.7. The topological polar surface area (TPSA) is 99.5 Å². The molecular formula is C20H21ClF3N5O3. The second kappa shape index (κ2) is 9.11. The van der Waals surface area contributed by atoms with Gasteiger partial charge in [0.05, 0.1) is 30.9 Å². The second-order valence-electron chi connectivity index (χ2n) is 7.34. The van der Waals surface area contributed by atoms with Gasteiger partial charge in [-0.25, -0.2) is 4.98 Å². The molecule has 0 bridgehead atoms. The number of rotatable bonds is 7. The maximum atomic E-state index is 12.7. The highest BCUT2D eigenvalue weighted by atomic mass is 35.5. The van der Waals surface area contributed by atoms with Gasteiger partial charge in [0, 0.05) is 31.2 Å². The van der Waals surface area contributed by atoms with E-state index in [1.165, 1.54) is 16.8 Å². The minimum atomic E-state index is -4.45. The Morgan fingerprint density at radius 3 is 2.69 bits per heavy atom. The molecule has 2 amide bonds. The second-order valence-corrected chi connectivity index (χ2v) is 7.75. The fourth-order valence-corrected chi connectivity index (χ4v) is 3.46. The Morgan fingerprint density at radius 2 is 2.06 bits per heavy atom. The molecular weight excluding hydrogens is 451 g/mol. The number of halogens is 4. The van der Waals surface area contributed by atoms with Gasteiger partial charge >= 0.3 is 6.18 Å². The van der Waals surface area contributed by atoms with Gasteiger partial charge in [-0.05, 0) is 17.7 Å². The number of carbonyl (C=O) groups excluding carboxylic acids is 2. The molecule has 1 aromatic carbocycles. The number of aromatic hydroxyl groups is 1. The zero-order valence-electron chi connectivity index (χ0n) is 17.0. The Bertz CT molecular complexity index is 1050. The third-order valence-electron chi connectivity index (χ3n) is 5.01. The van der Waals surface area contributed by atoms with E-state index >= 15 is 0 Å². The zero-order valence-corrected chi connectivity index (χ0v) is 17.8. The molecule has 8 nitrogen and oxygen atoms in total. The van der Waals surface area contributed by atoms with E-state index in [-0.39, 0.29) is 52.1 Å². The number of hydrogen-bond acceptors (Lipinski definition) is 5. The number of hydrogen-bond donors (Lipinski definition) is 3. The minimum Gasteiger partial charge on any atom is -0.506 e. The fraction of sp³-hybridized carbons (Fsp3) is 0.350. The average molecular weight is 472 g/mol. The summed E-state index contributed by atoms with van der Waals surface area (Å²) in [6, 6.07) is 2.00. The highest BCUT2D eigenvalue weighted by Crippen LogP contribution is 2.34. The van der Waals surface area contributed by atoms with Crippen molar-refractivity contribution in [1.82, 2.24) is 19.8 Å². The predicted octanol–water partition coefficient (Wildman–Crippen LogP) is 2.62. The number of benzene rings is 1. The first kappa shape index (κ1) is 23.5. The summed E-state index contributed by atoms with van der Waals surface area (Å²) >= 11 is 5.81. The van der Waals surface area contributed by atoms with Crippen LogP contribution in [0.15, 0.2) is 31.0 Å². The summed E-state index contributed by atoms with van der Waals surface area (Å²) in [5.74, 6) is -0.465. The number of amides is 2. The molecule has 2 aromatic rings. The van der Waals surface area contributed by atoms with Crippen LogP contribution < -0.4 is 10.6 Å². The van der Waals surface area contributed by atoms with E-state index in [2.05, 4.69) is 22.2 Å². The van der Waals surface area contributed by atoms with Crippen LogP contribution in [0.25, 0.3) is 0 Å². The normalized spacial score (nSPS) is 14.1. The minimum absolute atomic E-state index is 0.0372. The van der Waals surface area contributed by atoms with E-state index < -0.39 is 12.6 Å². The van der Waals surface area contributed by atoms with Crippen molar-refractivity contribution in [2.75, 3.05) is 18.4 Å². The number of imidazole rings is 1. The Balaban J connectivity index is 1.63. The molecule has 0 spiro atoms. The lowest BCUT2D eigenvalue weighted by molar-refractivity contribution is -0.130. The number of carbonyl (C=O) groups is 2. The van der Waals surface area contributed by atoms with Gasteiger partial charge in [0.25, 0.3) is 5.91 Å². The van der Waals surface area contributed by atoms with Crippen LogP contribution in [0, 0.1) is 0 Å². The summed E-state index contributed by atoms with van der Waals surface area (Å²) in [6.45, 7) is 4.23. The zero-order chi connectivity index (χ0) is 23.6. The van der Waals surface area contributed by atoms with E-state index in [1.807, 2.05) is 0 Å². The number of phenols is 1. The van der Waals surface area contributed by atoms with Gasteiger partial charge in [-0.2, -0.15) is 13.2 Å². The molecule has 0 saturated carbocycles. The van der Waals surface area contributed by atoms with E-state index in [1.54, 1.807) is 11.9 Å². The Kier molecular flexibility index (Phi) is 6.68. The molecule has 1 fully saturated rings. The number of phenolic OH excluding ortho intramolecular Hbond substituents is 1. The molecule has 1 aliphatic rings. The first-order valence-electron chi connectivity index (χ1n) is 9.53. The summed E-state index contributed by atoms with van der Waals surface area (Å²) < 4.78 is 39.7. The van der Waals surface area contributed by atoms with Crippen molar-refractivity contribution in [2.24, 2.45) is 7.05 Å². The van der Waals surface area contributed by atoms with Gasteiger partial charge in [-0.3, -0.25) is 9.59 Å². The number of aromatic nitrogens is 2. The molecule has 2 heterocycles. The van der Waals surface area contributed by atoms with Gasteiger partial charge in [0.15, 0.2) is 0 Å². The fourth-order valence-electron chi connectivity index (χ4n) is 3.24. The summed E-state index contributed by atoms with van der Waals surface area (Å²) in [6.07, 6.45) is -3.10. The maximum Gasteiger partial charge on any atom is 0.393 e. The Hall–Kier alpha value is -3.21. The van der Waals surface area contributed by atoms with Gasteiger partial charge in [-0.1, -0.05) is 18.2 Å².